The predicted molar refractivity (Wildman–Crippen MR) is 145 cm³/mol. The lowest BCUT2D eigenvalue weighted by atomic mass is 9.93. The van der Waals surface area contributed by atoms with Crippen LogP contribution in [-0.4, -0.2) is 62.6 Å². The van der Waals surface area contributed by atoms with Gasteiger partial charge in [0.1, 0.15) is 18.8 Å². The van der Waals surface area contributed by atoms with E-state index in [-0.39, 0.29) is 11.3 Å². The molecule has 1 amide bonds. The summed E-state index contributed by atoms with van der Waals surface area (Å²) in [6.07, 6.45) is 1.63. The number of likely N-dealkylation sites (tertiary alicyclic amines) is 1. The van der Waals surface area contributed by atoms with Gasteiger partial charge in [0.15, 0.2) is 0 Å². The smallest absolute Gasteiger partial charge is 0.295 e. The zero-order valence-electron chi connectivity index (χ0n) is 23.0. The number of hydrogen-bond donors (Lipinski definition) is 1. The van der Waals surface area contributed by atoms with Crippen molar-refractivity contribution in [3.8, 4) is 5.75 Å². The van der Waals surface area contributed by atoms with Gasteiger partial charge < -0.3 is 24.4 Å². The van der Waals surface area contributed by atoms with E-state index in [4.69, 9.17) is 9.47 Å². The molecular weight excluding hydrogens is 480 g/mol. The third-order valence-electron chi connectivity index (χ3n) is 7.39. The molecule has 2 saturated heterocycles. The second-order valence-corrected chi connectivity index (χ2v) is 10.7. The number of amides is 1. The lowest BCUT2D eigenvalue weighted by Gasteiger charge is -2.29. The van der Waals surface area contributed by atoms with Crippen molar-refractivity contribution in [2.45, 2.75) is 46.6 Å². The van der Waals surface area contributed by atoms with E-state index < -0.39 is 17.7 Å². The van der Waals surface area contributed by atoms with Crippen LogP contribution in [0.25, 0.3) is 5.76 Å². The average molecular weight is 521 g/mol. The van der Waals surface area contributed by atoms with Gasteiger partial charge in [-0.15, -0.1) is 0 Å². The summed E-state index contributed by atoms with van der Waals surface area (Å²) in [7, 11) is 0. The van der Waals surface area contributed by atoms with Crippen LogP contribution in [0.5, 0.6) is 5.75 Å². The third kappa shape index (κ3) is 6.27. The summed E-state index contributed by atoms with van der Waals surface area (Å²) in [6, 6.07) is 12.5. The third-order valence-corrected chi connectivity index (χ3v) is 7.39. The lowest BCUT2D eigenvalue weighted by molar-refractivity contribution is -0.908. The van der Waals surface area contributed by atoms with E-state index in [2.05, 4.69) is 20.8 Å². The molecule has 7 nitrogen and oxygen atoms in total. The lowest BCUT2D eigenvalue weighted by Crippen LogP contribution is -3.14. The van der Waals surface area contributed by atoms with E-state index in [1.54, 1.807) is 17.0 Å². The molecule has 0 bridgehead atoms. The quantitative estimate of drug-likeness (QED) is 0.295. The average Bonchev–Trinajstić information content (AvgIpc) is 3.17. The molecule has 38 heavy (non-hydrogen) atoms. The Morgan fingerprint density at radius 3 is 2.47 bits per heavy atom. The van der Waals surface area contributed by atoms with Crippen LogP contribution in [0.1, 0.15) is 55.5 Å². The molecule has 2 aliphatic rings. The highest BCUT2D eigenvalue weighted by atomic mass is 16.5. The Morgan fingerprint density at radius 2 is 1.84 bits per heavy atom. The first-order valence-corrected chi connectivity index (χ1v) is 13.8. The number of benzene rings is 2. The number of morpholine rings is 1. The fraction of sp³-hybridized carbons (Fsp3) is 0.484. The molecule has 2 fully saturated rings. The van der Waals surface area contributed by atoms with Crippen LogP contribution in [-0.2, 0) is 20.7 Å². The van der Waals surface area contributed by atoms with Crippen molar-refractivity contribution >= 4 is 17.4 Å². The number of quaternary nitrogens is 1. The standard InChI is InChI=1S/C31H40N2O5/c1-5-23-7-9-24(10-8-23)28-27(29(34)26-12-11-25(19-22(26)4)38-20-21(2)3)30(35)31(36)33(28)14-6-13-32-15-17-37-18-16-32/h7-12,19,21,28,34H,5-6,13-18,20H2,1-4H3. The summed E-state index contributed by atoms with van der Waals surface area (Å²) in [6.45, 7) is 13.3. The molecule has 2 aromatic rings. The highest BCUT2D eigenvalue weighted by Crippen LogP contribution is 2.39. The van der Waals surface area contributed by atoms with Crippen molar-refractivity contribution in [1.82, 2.24) is 4.90 Å². The van der Waals surface area contributed by atoms with Crippen molar-refractivity contribution < 1.29 is 29.1 Å². The molecule has 0 aliphatic carbocycles. The van der Waals surface area contributed by atoms with Crippen LogP contribution in [0.3, 0.4) is 0 Å². The van der Waals surface area contributed by atoms with Crippen molar-refractivity contribution in [2.75, 3.05) is 46.0 Å². The van der Waals surface area contributed by atoms with E-state index in [1.165, 1.54) is 4.90 Å². The molecular formula is C31H40N2O5. The topological polar surface area (TPSA) is 83.3 Å². The number of ketones is 1. The molecule has 1 N–H and O–H groups in total. The summed E-state index contributed by atoms with van der Waals surface area (Å²) in [4.78, 5) is 29.7. The first-order chi connectivity index (χ1) is 18.3. The number of rotatable bonds is 10. The number of ether oxygens (including phenoxy) is 2. The van der Waals surface area contributed by atoms with Crippen LogP contribution < -0.4 is 14.7 Å². The Balaban J connectivity index is 1.66. The Bertz CT molecular complexity index is 1170. The van der Waals surface area contributed by atoms with Gasteiger partial charge in [0.05, 0.1) is 32.4 Å². The first kappa shape index (κ1) is 27.9. The molecule has 1 atom stereocenters. The fourth-order valence-corrected chi connectivity index (χ4v) is 5.18. The molecule has 0 saturated carbocycles. The number of Topliss-reactive ketones (excluding diaryl/α,β-unsaturated/α-hetero) is 1. The maximum absolute atomic E-state index is 13.9. The van der Waals surface area contributed by atoms with Gasteiger partial charge in [0.25, 0.3) is 5.91 Å². The van der Waals surface area contributed by atoms with Crippen molar-refractivity contribution in [2.24, 2.45) is 5.92 Å². The second kappa shape index (κ2) is 12.6. The summed E-state index contributed by atoms with van der Waals surface area (Å²) >= 11 is 0. The predicted octanol–water partition coefficient (Wildman–Crippen LogP) is 2.12. The molecule has 0 aromatic heterocycles. The molecule has 204 valence electrons. The van der Waals surface area contributed by atoms with Gasteiger partial charge in [-0.2, -0.15) is 0 Å². The zero-order chi connectivity index (χ0) is 27.2. The zero-order valence-corrected chi connectivity index (χ0v) is 23.0. The van der Waals surface area contributed by atoms with Crippen LogP contribution in [0.4, 0.5) is 0 Å². The SMILES string of the molecule is CCc1ccc(C2C(=C([O-])c3ccc(OCC(C)C)cc3C)C(=O)C(=O)N2CCC[NH+]2CCOCC2)cc1. The largest absolute Gasteiger partial charge is 0.872 e. The van der Waals surface area contributed by atoms with E-state index >= 15 is 0 Å². The van der Waals surface area contributed by atoms with Crippen LogP contribution in [0, 0.1) is 12.8 Å². The number of nitrogens with one attached hydrogen (secondary N) is 1. The van der Waals surface area contributed by atoms with E-state index in [0.717, 1.165) is 62.4 Å². The normalized spacial score (nSPS) is 19.9. The highest BCUT2D eigenvalue weighted by Gasteiger charge is 2.44. The van der Waals surface area contributed by atoms with E-state index in [9.17, 15) is 14.7 Å². The number of carbonyl (C=O) groups is 2. The molecule has 2 heterocycles. The van der Waals surface area contributed by atoms with Crippen LogP contribution in [0.15, 0.2) is 48.0 Å². The summed E-state index contributed by atoms with van der Waals surface area (Å²) in [5, 5.41) is 13.9. The number of carbonyl (C=O) groups excluding carboxylic acids is 2. The van der Waals surface area contributed by atoms with Gasteiger partial charge in [-0.05, 0) is 53.6 Å². The number of aryl methyl sites for hydroxylation is 2. The molecule has 1 unspecified atom stereocenters. The highest BCUT2D eigenvalue weighted by molar-refractivity contribution is 6.46. The molecule has 4 rings (SSSR count). The van der Waals surface area contributed by atoms with Gasteiger partial charge in [-0.25, -0.2) is 0 Å². The second-order valence-electron chi connectivity index (χ2n) is 10.7. The molecule has 0 spiro atoms. The van der Waals surface area contributed by atoms with Crippen LogP contribution in [0.2, 0.25) is 0 Å². The number of hydrogen-bond acceptors (Lipinski definition) is 5. The Kier molecular flexibility index (Phi) is 9.23. The molecule has 0 radical (unpaired) electrons. The summed E-state index contributed by atoms with van der Waals surface area (Å²) < 4.78 is 11.3. The summed E-state index contributed by atoms with van der Waals surface area (Å²) in [5.41, 5.74) is 3.13. The van der Waals surface area contributed by atoms with Gasteiger partial charge >= 0.3 is 0 Å². The summed E-state index contributed by atoms with van der Waals surface area (Å²) in [5.74, 6) is -0.611. The van der Waals surface area contributed by atoms with Crippen molar-refractivity contribution in [1.29, 1.82) is 0 Å². The minimum absolute atomic E-state index is 0.0388. The van der Waals surface area contributed by atoms with E-state index in [1.807, 2.05) is 37.3 Å². The minimum Gasteiger partial charge on any atom is -0.872 e. The molecule has 7 heteroatoms. The fourth-order valence-electron chi connectivity index (χ4n) is 5.18. The Morgan fingerprint density at radius 1 is 1.13 bits per heavy atom. The molecule has 2 aliphatic heterocycles. The Hall–Kier alpha value is -3.16. The van der Waals surface area contributed by atoms with Crippen LogP contribution >= 0.6 is 0 Å². The van der Waals surface area contributed by atoms with E-state index in [0.29, 0.717) is 30.4 Å². The first-order valence-electron chi connectivity index (χ1n) is 13.8. The maximum atomic E-state index is 13.9. The van der Waals surface area contributed by atoms with Gasteiger partial charge in [0.2, 0.25) is 5.78 Å². The van der Waals surface area contributed by atoms with Crippen molar-refractivity contribution in [3.63, 3.8) is 0 Å². The van der Waals surface area contributed by atoms with Gasteiger partial charge in [-0.3, -0.25) is 9.59 Å². The molecule has 2 aromatic carbocycles. The monoisotopic (exact) mass is 520 g/mol. The number of nitrogens with zero attached hydrogens (tertiary/aromatic N) is 1. The van der Waals surface area contributed by atoms with Gasteiger partial charge in [0, 0.05) is 18.5 Å². The minimum atomic E-state index is -0.696. The Labute approximate surface area is 226 Å². The maximum Gasteiger partial charge on any atom is 0.295 e. The van der Waals surface area contributed by atoms with Gasteiger partial charge in [-0.1, -0.05) is 56.9 Å². The van der Waals surface area contributed by atoms with Crippen molar-refractivity contribution in [3.05, 3.63) is 70.3 Å².